The monoisotopic (exact) mass is 381 g/mol. The highest BCUT2D eigenvalue weighted by Gasteiger charge is 2.28. The van der Waals surface area contributed by atoms with Gasteiger partial charge in [-0.1, -0.05) is 13.0 Å². The summed E-state index contributed by atoms with van der Waals surface area (Å²) in [6, 6.07) is 5.80. The Bertz CT molecular complexity index is 664. The fourth-order valence-electron chi connectivity index (χ4n) is 3.37. The van der Waals surface area contributed by atoms with E-state index >= 15 is 0 Å². The molecule has 0 aliphatic carbocycles. The summed E-state index contributed by atoms with van der Waals surface area (Å²) >= 11 is 0. The van der Waals surface area contributed by atoms with E-state index in [1.165, 1.54) is 0 Å². The molecular formula is C19H31N3O3S. The molecule has 0 spiro atoms. The van der Waals surface area contributed by atoms with Crippen LogP contribution < -0.4 is 0 Å². The van der Waals surface area contributed by atoms with E-state index in [0.717, 1.165) is 31.4 Å². The van der Waals surface area contributed by atoms with Crippen molar-refractivity contribution in [3.63, 3.8) is 0 Å². The van der Waals surface area contributed by atoms with Gasteiger partial charge in [0.15, 0.2) is 0 Å². The van der Waals surface area contributed by atoms with E-state index in [1.54, 1.807) is 15.4 Å². The van der Waals surface area contributed by atoms with E-state index in [-0.39, 0.29) is 17.6 Å². The van der Waals surface area contributed by atoms with Crippen molar-refractivity contribution < 1.29 is 13.2 Å². The Morgan fingerprint density at radius 2 is 2.19 bits per heavy atom. The predicted octanol–water partition coefficient (Wildman–Crippen LogP) is 2.31. The van der Waals surface area contributed by atoms with Crippen LogP contribution in [-0.4, -0.2) is 60.9 Å². The maximum absolute atomic E-state index is 12.4. The highest BCUT2D eigenvalue weighted by atomic mass is 32.2. The summed E-state index contributed by atoms with van der Waals surface area (Å²) in [7, 11) is -1.31. The highest BCUT2D eigenvalue weighted by molar-refractivity contribution is 7.89. The standard InChI is InChI=1S/C19H31N3O3S/c1-3-15-26(24,25)22-13-6-7-17(16-22)9-10-19(23)21(2)14-11-18-8-4-5-12-20-18/h4-5,8,12,17H,3,6-7,9-11,13-16H2,1-2H3/t17-/m1/s1. The van der Waals surface area contributed by atoms with E-state index < -0.39 is 10.0 Å². The van der Waals surface area contributed by atoms with Gasteiger partial charge in [-0.05, 0) is 43.7 Å². The first kappa shape index (κ1) is 20.8. The molecule has 1 aliphatic heterocycles. The van der Waals surface area contributed by atoms with Crippen molar-refractivity contribution in [2.24, 2.45) is 5.92 Å². The third-order valence-electron chi connectivity index (χ3n) is 4.96. The summed E-state index contributed by atoms with van der Waals surface area (Å²) in [5.41, 5.74) is 0.983. The summed E-state index contributed by atoms with van der Waals surface area (Å²) < 4.78 is 26.1. The Morgan fingerprint density at radius 1 is 1.38 bits per heavy atom. The minimum absolute atomic E-state index is 0.120. The molecule has 1 aromatic heterocycles. The van der Waals surface area contributed by atoms with Crippen LogP contribution >= 0.6 is 0 Å². The molecule has 0 N–H and O–H groups in total. The van der Waals surface area contributed by atoms with Crippen molar-refractivity contribution in [2.45, 2.75) is 45.4 Å². The van der Waals surface area contributed by atoms with Gasteiger partial charge < -0.3 is 4.90 Å². The molecule has 6 nitrogen and oxygen atoms in total. The molecule has 7 heteroatoms. The van der Waals surface area contributed by atoms with Crippen LogP contribution in [0.25, 0.3) is 0 Å². The third kappa shape index (κ3) is 6.36. The normalized spacial score (nSPS) is 18.6. The number of amides is 1. The molecule has 0 unspecified atom stereocenters. The van der Waals surface area contributed by atoms with Crippen LogP contribution in [-0.2, 0) is 21.2 Å². The summed E-state index contributed by atoms with van der Waals surface area (Å²) in [6.45, 7) is 3.72. The van der Waals surface area contributed by atoms with Gasteiger partial charge in [-0.3, -0.25) is 9.78 Å². The molecule has 0 bridgehead atoms. The summed E-state index contributed by atoms with van der Waals surface area (Å²) in [5, 5.41) is 0. The number of nitrogens with zero attached hydrogens (tertiary/aromatic N) is 3. The SMILES string of the molecule is CCCS(=O)(=O)N1CCC[C@H](CCC(=O)N(C)CCc2ccccn2)C1. The lowest BCUT2D eigenvalue weighted by Gasteiger charge is -2.32. The van der Waals surface area contributed by atoms with Crippen molar-refractivity contribution >= 4 is 15.9 Å². The first-order valence-electron chi connectivity index (χ1n) is 9.54. The second kappa shape index (κ2) is 10.0. The van der Waals surface area contributed by atoms with Crippen LogP contribution in [0.1, 0.15) is 44.7 Å². The van der Waals surface area contributed by atoms with Gasteiger partial charge in [0, 0.05) is 51.4 Å². The summed E-state index contributed by atoms with van der Waals surface area (Å²) in [5.74, 6) is 0.618. The molecule has 2 rings (SSSR count). The van der Waals surface area contributed by atoms with E-state index in [0.29, 0.717) is 32.5 Å². The lowest BCUT2D eigenvalue weighted by atomic mass is 9.94. The zero-order chi connectivity index (χ0) is 19.0. The fourth-order valence-corrected chi connectivity index (χ4v) is 4.99. The molecule has 1 fully saturated rings. The van der Waals surface area contributed by atoms with Crippen LogP contribution in [0.4, 0.5) is 0 Å². The Kier molecular flexibility index (Phi) is 8.03. The van der Waals surface area contributed by atoms with Crippen LogP contribution in [0.3, 0.4) is 0 Å². The fraction of sp³-hybridized carbons (Fsp3) is 0.684. The maximum Gasteiger partial charge on any atom is 0.222 e. The van der Waals surface area contributed by atoms with E-state index in [1.807, 2.05) is 32.2 Å². The van der Waals surface area contributed by atoms with Gasteiger partial charge in [0.05, 0.1) is 5.75 Å². The molecule has 0 aromatic carbocycles. The summed E-state index contributed by atoms with van der Waals surface area (Å²) in [6.07, 6.45) is 6.27. The molecule has 0 saturated carbocycles. The van der Waals surface area contributed by atoms with Gasteiger partial charge in [-0.2, -0.15) is 0 Å². The van der Waals surface area contributed by atoms with Gasteiger partial charge >= 0.3 is 0 Å². The number of pyridine rings is 1. The largest absolute Gasteiger partial charge is 0.345 e. The van der Waals surface area contributed by atoms with Crippen LogP contribution in [0.5, 0.6) is 0 Å². The molecule has 2 heterocycles. The quantitative estimate of drug-likeness (QED) is 0.658. The minimum Gasteiger partial charge on any atom is -0.345 e. The lowest BCUT2D eigenvalue weighted by molar-refractivity contribution is -0.130. The number of sulfonamides is 1. The number of piperidine rings is 1. The molecular weight excluding hydrogens is 350 g/mol. The molecule has 1 atom stereocenters. The Hall–Kier alpha value is -1.47. The molecule has 1 amide bonds. The number of carbonyl (C=O) groups excluding carboxylic acids is 1. The Labute approximate surface area is 157 Å². The van der Waals surface area contributed by atoms with Gasteiger partial charge in [-0.15, -0.1) is 0 Å². The molecule has 26 heavy (non-hydrogen) atoms. The average Bonchev–Trinajstić information content (AvgIpc) is 2.65. The van der Waals surface area contributed by atoms with Crippen LogP contribution in [0.2, 0.25) is 0 Å². The van der Waals surface area contributed by atoms with Gasteiger partial charge in [-0.25, -0.2) is 12.7 Å². The maximum atomic E-state index is 12.4. The number of hydrogen-bond donors (Lipinski definition) is 0. The minimum atomic E-state index is -3.13. The van der Waals surface area contributed by atoms with E-state index in [4.69, 9.17) is 0 Å². The van der Waals surface area contributed by atoms with Crippen molar-refractivity contribution in [3.05, 3.63) is 30.1 Å². The number of carbonyl (C=O) groups is 1. The molecule has 1 saturated heterocycles. The lowest BCUT2D eigenvalue weighted by Crippen LogP contribution is -2.41. The number of rotatable bonds is 9. The molecule has 146 valence electrons. The highest BCUT2D eigenvalue weighted by Crippen LogP contribution is 2.23. The second-order valence-corrected chi connectivity index (χ2v) is 9.20. The zero-order valence-corrected chi connectivity index (χ0v) is 16.7. The van der Waals surface area contributed by atoms with E-state index in [2.05, 4.69) is 4.98 Å². The first-order valence-corrected chi connectivity index (χ1v) is 11.1. The number of likely N-dealkylation sites (N-methyl/N-ethyl adjacent to an activating group) is 1. The smallest absolute Gasteiger partial charge is 0.222 e. The molecule has 1 aliphatic rings. The zero-order valence-electron chi connectivity index (χ0n) is 15.9. The number of hydrogen-bond acceptors (Lipinski definition) is 4. The van der Waals surface area contributed by atoms with Crippen LogP contribution in [0.15, 0.2) is 24.4 Å². The van der Waals surface area contributed by atoms with Crippen LogP contribution in [0, 0.1) is 5.92 Å². The first-order chi connectivity index (χ1) is 12.4. The molecule has 1 aromatic rings. The van der Waals surface area contributed by atoms with Crippen molar-refractivity contribution in [1.82, 2.24) is 14.2 Å². The molecule has 0 radical (unpaired) electrons. The Morgan fingerprint density at radius 3 is 2.88 bits per heavy atom. The van der Waals surface area contributed by atoms with Crippen molar-refractivity contribution in [3.8, 4) is 0 Å². The average molecular weight is 382 g/mol. The predicted molar refractivity (Wildman–Crippen MR) is 103 cm³/mol. The second-order valence-electron chi connectivity index (χ2n) is 7.11. The van der Waals surface area contributed by atoms with Crippen molar-refractivity contribution in [1.29, 1.82) is 0 Å². The topological polar surface area (TPSA) is 70.6 Å². The van der Waals surface area contributed by atoms with Crippen molar-refractivity contribution in [2.75, 3.05) is 32.4 Å². The van der Waals surface area contributed by atoms with Gasteiger partial charge in [0.1, 0.15) is 0 Å². The van der Waals surface area contributed by atoms with Gasteiger partial charge in [0.25, 0.3) is 0 Å². The summed E-state index contributed by atoms with van der Waals surface area (Å²) in [4.78, 5) is 18.4. The number of aromatic nitrogens is 1. The van der Waals surface area contributed by atoms with E-state index in [9.17, 15) is 13.2 Å². The Balaban J connectivity index is 1.75. The van der Waals surface area contributed by atoms with Gasteiger partial charge in [0.2, 0.25) is 15.9 Å². The third-order valence-corrected chi connectivity index (χ3v) is 7.00.